The molecule has 1 atom stereocenters. The average molecular weight is 910 g/mol. The van der Waals surface area contributed by atoms with Gasteiger partial charge < -0.3 is 44.4 Å². The molecule has 5 aromatic rings. The van der Waals surface area contributed by atoms with Crippen LogP contribution < -0.4 is 34.2 Å². The summed E-state index contributed by atoms with van der Waals surface area (Å²) in [5.41, 5.74) is 7.28. The second-order valence-corrected chi connectivity index (χ2v) is 13.8. The highest BCUT2D eigenvalue weighted by atomic mass is 19.4. The average Bonchev–Trinajstić information content (AvgIpc) is 3.25. The van der Waals surface area contributed by atoms with Crippen molar-refractivity contribution in [1.82, 2.24) is 0 Å². The van der Waals surface area contributed by atoms with Gasteiger partial charge in [-0.3, -0.25) is 9.59 Å². The summed E-state index contributed by atoms with van der Waals surface area (Å²) >= 11 is 0. The summed E-state index contributed by atoms with van der Waals surface area (Å²) < 4.78 is 104. The second-order valence-electron chi connectivity index (χ2n) is 13.8. The van der Waals surface area contributed by atoms with Crippen LogP contribution in [-0.2, 0) is 16.0 Å². The number of methoxy groups -OCH3 is 2. The summed E-state index contributed by atoms with van der Waals surface area (Å²) in [6.07, 6.45) is -5.91. The van der Waals surface area contributed by atoms with E-state index in [0.717, 1.165) is 62.8 Å². The van der Waals surface area contributed by atoms with Gasteiger partial charge in [-0.1, -0.05) is 48.6 Å². The molecule has 0 radical (unpaired) electrons. The van der Waals surface area contributed by atoms with Gasteiger partial charge in [0.1, 0.15) is 11.5 Å². The van der Waals surface area contributed by atoms with Gasteiger partial charge in [-0.25, -0.2) is 9.59 Å². The first-order valence-electron chi connectivity index (χ1n) is 18.9. The summed E-state index contributed by atoms with van der Waals surface area (Å²) in [5, 5.41) is 22.5. The zero-order valence-corrected chi connectivity index (χ0v) is 34.0. The molecule has 4 N–H and O–H groups in total. The van der Waals surface area contributed by atoms with Crippen LogP contribution in [0.3, 0.4) is 0 Å². The topological polar surface area (TPSA) is 190 Å². The SMILES string of the molecule is COc1cc(C(=O)Oc2ccc(/C=C/C(=O)CC(Cc3ccc(N)cc3)C(O)(O)C(=O)/C=C/c3ccc(OC(=O)c4ccc(OC(F)(F)F)c(OC)c4)cc3)cc2)ccc1OC(F)(F)F. The second kappa shape index (κ2) is 20.7. The van der Waals surface area contributed by atoms with Gasteiger partial charge in [-0.2, -0.15) is 0 Å². The third kappa shape index (κ3) is 14.2. The molecule has 13 nitrogen and oxygen atoms in total. The smallest absolute Gasteiger partial charge is 0.493 e. The van der Waals surface area contributed by atoms with Crippen LogP contribution in [0.25, 0.3) is 12.2 Å². The molecule has 0 spiro atoms. The highest BCUT2D eigenvalue weighted by molar-refractivity contribution is 6.00. The number of alkyl halides is 6. The predicted octanol–water partition coefficient (Wildman–Crippen LogP) is 8.32. The fourth-order valence-electron chi connectivity index (χ4n) is 5.92. The lowest BCUT2D eigenvalue weighted by molar-refractivity contribution is -0.276. The molecule has 0 amide bonds. The monoisotopic (exact) mass is 909 g/mol. The quantitative estimate of drug-likeness (QED) is 0.0190. The fourth-order valence-corrected chi connectivity index (χ4v) is 5.92. The number of hydrogen-bond acceptors (Lipinski definition) is 13. The Balaban J connectivity index is 1.22. The van der Waals surface area contributed by atoms with Crippen molar-refractivity contribution in [2.75, 3.05) is 20.0 Å². The maximum atomic E-state index is 13.3. The fraction of sp³-hybridized carbons (Fsp3) is 0.174. The molecule has 0 bridgehead atoms. The molecular weight excluding hydrogens is 872 g/mol. The molecule has 0 saturated heterocycles. The highest BCUT2D eigenvalue weighted by Crippen LogP contribution is 2.35. The minimum absolute atomic E-state index is 0.0215. The van der Waals surface area contributed by atoms with Crippen molar-refractivity contribution in [3.8, 4) is 34.5 Å². The van der Waals surface area contributed by atoms with E-state index in [1.165, 1.54) is 60.7 Å². The molecule has 0 aliphatic carbocycles. The van der Waals surface area contributed by atoms with Crippen molar-refractivity contribution < 1.29 is 84.2 Å². The van der Waals surface area contributed by atoms with Crippen molar-refractivity contribution in [1.29, 1.82) is 0 Å². The Morgan fingerprint density at radius 3 is 1.45 bits per heavy atom. The van der Waals surface area contributed by atoms with E-state index in [-0.39, 0.29) is 40.5 Å². The van der Waals surface area contributed by atoms with E-state index in [1.807, 2.05) is 0 Å². The van der Waals surface area contributed by atoms with Crippen LogP contribution in [0, 0.1) is 5.92 Å². The van der Waals surface area contributed by atoms with Gasteiger partial charge in [0.2, 0.25) is 11.6 Å². The van der Waals surface area contributed by atoms with Gasteiger partial charge >= 0.3 is 24.7 Å². The number of halogens is 6. The van der Waals surface area contributed by atoms with Crippen molar-refractivity contribution >= 4 is 41.3 Å². The number of carbonyl (C=O) groups excluding carboxylic acids is 4. The minimum Gasteiger partial charge on any atom is -0.493 e. The number of anilines is 1. The number of carbonyl (C=O) groups is 4. The Kier molecular flexibility index (Phi) is 15.4. The molecule has 0 aliphatic heterocycles. The van der Waals surface area contributed by atoms with Gasteiger partial charge in [0.15, 0.2) is 28.8 Å². The van der Waals surface area contributed by atoms with Gasteiger partial charge in [0.05, 0.1) is 25.3 Å². The maximum absolute atomic E-state index is 13.3. The van der Waals surface area contributed by atoms with Crippen molar-refractivity contribution in [3.05, 3.63) is 149 Å². The molecule has 0 aromatic heterocycles. The van der Waals surface area contributed by atoms with Crippen LogP contribution >= 0.6 is 0 Å². The van der Waals surface area contributed by atoms with E-state index in [4.69, 9.17) is 24.7 Å². The van der Waals surface area contributed by atoms with Crippen LogP contribution in [0.1, 0.15) is 43.8 Å². The Hall–Kier alpha value is -7.64. The molecule has 1 unspecified atom stereocenters. The van der Waals surface area contributed by atoms with Crippen LogP contribution in [-0.4, -0.2) is 66.4 Å². The number of rotatable bonds is 18. The number of ketones is 2. The number of benzene rings is 5. The molecule has 0 aliphatic rings. The van der Waals surface area contributed by atoms with Gasteiger partial charge in [0, 0.05) is 18.0 Å². The number of nitrogen functional groups attached to an aromatic ring is 1. The number of allylic oxidation sites excluding steroid dienone is 1. The van der Waals surface area contributed by atoms with E-state index in [1.54, 1.807) is 24.3 Å². The highest BCUT2D eigenvalue weighted by Gasteiger charge is 2.41. The van der Waals surface area contributed by atoms with E-state index >= 15 is 0 Å². The predicted molar refractivity (Wildman–Crippen MR) is 220 cm³/mol. The van der Waals surface area contributed by atoms with Crippen molar-refractivity contribution in [2.45, 2.75) is 31.4 Å². The van der Waals surface area contributed by atoms with E-state index in [2.05, 4.69) is 9.47 Å². The van der Waals surface area contributed by atoms with Gasteiger partial charge in [0.25, 0.3) is 0 Å². The summed E-state index contributed by atoms with van der Waals surface area (Å²) in [5.74, 6) is -9.99. The zero-order chi connectivity index (χ0) is 47.5. The molecular formula is C46H37F6NO12. The largest absolute Gasteiger partial charge is 0.573 e. The molecule has 340 valence electrons. The Bertz CT molecular complexity index is 2550. The third-order valence-electron chi connectivity index (χ3n) is 9.16. The van der Waals surface area contributed by atoms with Crippen LogP contribution in [0.5, 0.6) is 34.5 Å². The summed E-state index contributed by atoms with van der Waals surface area (Å²) in [6, 6.07) is 23.6. The molecule has 0 saturated carbocycles. The Morgan fingerprint density at radius 1 is 0.600 bits per heavy atom. The molecule has 65 heavy (non-hydrogen) atoms. The first-order chi connectivity index (χ1) is 30.6. The Morgan fingerprint density at radius 2 is 1.03 bits per heavy atom. The number of esters is 2. The summed E-state index contributed by atoms with van der Waals surface area (Å²) in [7, 11) is 2.19. The van der Waals surface area contributed by atoms with Crippen molar-refractivity contribution in [2.24, 2.45) is 5.92 Å². The van der Waals surface area contributed by atoms with Gasteiger partial charge in [-0.15, -0.1) is 26.3 Å². The minimum atomic E-state index is -4.99. The maximum Gasteiger partial charge on any atom is 0.573 e. The van der Waals surface area contributed by atoms with Crippen molar-refractivity contribution in [3.63, 3.8) is 0 Å². The lowest BCUT2D eigenvalue weighted by Crippen LogP contribution is -2.46. The number of nitrogens with two attached hydrogens (primary N) is 1. The number of ether oxygens (including phenoxy) is 6. The van der Waals surface area contributed by atoms with Crippen LogP contribution in [0.4, 0.5) is 32.0 Å². The molecule has 0 heterocycles. The number of aliphatic hydroxyl groups is 2. The van der Waals surface area contributed by atoms with Crippen LogP contribution in [0.2, 0.25) is 0 Å². The molecule has 5 aromatic carbocycles. The Labute approximate surface area is 365 Å². The van der Waals surface area contributed by atoms with Crippen LogP contribution in [0.15, 0.2) is 121 Å². The third-order valence-corrected chi connectivity index (χ3v) is 9.16. The first kappa shape index (κ1) is 48.4. The summed E-state index contributed by atoms with van der Waals surface area (Å²) in [4.78, 5) is 51.9. The lowest BCUT2D eigenvalue weighted by Gasteiger charge is -2.28. The first-order valence-corrected chi connectivity index (χ1v) is 18.9. The molecule has 5 rings (SSSR count). The zero-order valence-electron chi connectivity index (χ0n) is 34.0. The normalized spacial score (nSPS) is 12.4. The lowest BCUT2D eigenvalue weighted by atomic mass is 9.84. The standard InChI is InChI=1S/C46H37F6NO12/c1-60-39-24-30(11-20-37(39)64-45(47,48)49)42(56)62-35-16-6-27(7-17-35)5-15-34(54)26-32(23-29-3-13-33(53)14-4-29)44(58,59)41(55)22-10-28-8-18-36(19-9-28)63-43(57)31-12-21-38(40(25-31)61-2)65-46(50,51)52/h3-22,24-25,32,58-59H,23,26,53H2,1-2H3/b15-5+,22-10+. The van der Waals surface area contributed by atoms with E-state index in [9.17, 15) is 55.7 Å². The molecule has 19 heteroatoms. The number of hydrogen-bond donors (Lipinski definition) is 3. The van der Waals surface area contributed by atoms with E-state index in [0.29, 0.717) is 22.4 Å². The van der Waals surface area contributed by atoms with E-state index < -0.39 is 65.9 Å². The van der Waals surface area contributed by atoms with Gasteiger partial charge in [-0.05, 0) is 108 Å². The molecule has 0 fully saturated rings. The summed E-state index contributed by atoms with van der Waals surface area (Å²) in [6.45, 7) is 0.